The van der Waals surface area contributed by atoms with Crippen molar-refractivity contribution in [2.45, 2.75) is 14.2 Å². The number of nitrogens with zero attached hydrogens (tertiary/aromatic N) is 3. The molecule has 0 saturated heterocycles. The Balaban J connectivity index is 1.73. The predicted octanol–water partition coefficient (Wildman–Crippen LogP) is 6.14. The summed E-state index contributed by atoms with van der Waals surface area (Å²) in [6, 6.07) is 9.43. The van der Waals surface area contributed by atoms with Crippen molar-refractivity contribution in [1.82, 2.24) is 15.0 Å². The molecule has 30 heavy (non-hydrogen) atoms. The number of rotatable bonds is 5. The summed E-state index contributed by atoms with van der Waals surface area (Å²) in [5.74, 6) is -0.279. The molecule has 1 aliphatic rings. The van der Waals surface area contributed by atoms with Crippen LogP contribution in [0, 0.1) is 0 Å². The lowest BCUT2D eigenvalue weighted by Gasteiger charge is -2.15. The molecule has 1 aromatic heterocycles. The molecule has 0 bridgehead atoms. The Kier molecular flexibility index (Phi) is 7.83. The number of esters is 1. The monoisotopic (exact) mass is 545 g/mol. The molecule has 1 aliphatic heterocycles. The summed E-state index contributed by atoms with van der Waals surface area (Å²) < 4.78 is 1.46. The maximum Gasteiger partial charge on any atom is 0.315 e. The molecule has 3 rings (SSSR count). The van der Waals surface area contributed by atoms with Crippen molar-refractivity contribution in [3.63, 3.8) is 0 Å². The minimum absolute atomic E-state index is 0.173. The van der Waals surface area contributed by atoms with Gasteiger partial charge in [-0.15, -0.1) is 0 Å². The van der Waals surface area contributed by atoms with Crippen LogP contribution in [0.15, 0.2) is 47.2 Å². The lowest BCUT2D eigenvalue weighted by Crippen LogP contribution is -2.17. The van der Waals surface area contributed by atoms with Gasteiger partial charge in [-0.2, -0.15) is 0 Å². The fourth-order valence-corrected chi connectivity index (χ4v) is 4.45. The van der Waals surface area contributed by atoms with Gasteiger partial charge >= 0.3 is 5.97 Å². The number of hydrogen-bond acceptors (Lipinski definition) is 5. The smallest absolute Gasteiger partial charge is 0.315 e. The van der Waals surface area contributed by atoms with Crippen LogP contribution in [-0.2, 0) is 23.7 Å². The number of thiol groups is 1. The number of carbonyl (C=O) groups excluding carboxylic acids is 1. The number of allylic oxidation sites excluding steroid dienone is 2. The van der Waals surface area contributed by atoms with Crippen LogP contribution >= 0.6 is 80.5 Å². The third-order valence-corrected chi connectivity index (χ3v) is 6.48. The molecule has 0 saturated carbocycles. The van der Waals surface area contributed by atoms with Gasteiger partial charge < -0.3 is 4.74 Å². The highest BCUT2D eigenvalue weighted by molar-refractivity contribution is 8.23. The molecule has 2 heterocycles. The van der Waals surface area contributed by atoms with Gasteiger partial charge in [0.1, 0.15) is 6.61 Å². The number of halogens is 6. The fourth-order valence-electron chi connectivity index (χ4n) is 2.36. The molecule has 1 aromatic carbocycles. The van der Waals surface area contributed by atoms with E-state index in [1.165, 1.54) is 0 Å². The summed E-state index contributed by atoms with van der Waals surface area (Å²) >= 11 is 35.4. The van der Waals surface area contributed by atoms with Crippen LogP contribution in [0.3, 0.4) is 0 Å². The quantitative estimate of drug-likeness (QED) is 0.277. The van der Waals surface area contributed by atoms with Crippen LogP contribution in [0.1, 0.15) is 23.0 Å². The van der Waals surface area contributed by atoms with E-state index in [2.05, 4.69) is 15.0 Å². The third-order valence-electron chi connectivity index (χ3n) is 3.71. The van der Waals surface area contributed by atoms with Gasteiger partial charge in [0.05, 0.1) is 5.75 Å². The summed E-state index contributed by atoms with van der Waals surface area (Å²) in [4.78, 5) is 24.4. The molecule has 1 atom stereocenters. The summed E-state index contributed by atoms with van der Waals surface area (Å²) in [6.07, 6.45) is 1.76. The molecule has 0 amide bonds. The first-order valence-corrected chi connectivity index (χ1v) is 12.2. The first-order chi connectivity index (χ1) is 14.0. The summed E-state index contributed by atoms with van der Waals surface area (Å²) in [5.41, 5.74) is 1.52. The second-order valence-electron chi connectivity index (χ2n) is 6.02. The minimum Gasteiger partial charge on any atom is -0.460 e. The van der Waals surface area contributed by atoms with Gasteiger partial charge in [0, 0.05) is 5.57 Å². The molecule has 1 unspecified atom stereocenters. The second-order valence-corrected chi connectivity index (χ2v) is 12.5. The van der Waals surface area contributed by atoms with Crippen molar-refractivity contribution >= 4 is 92.0 Å². The summed E-state index contributed by atoms with van der Waals surface area (Å²) in [5, 5.41) is 3.72. The number of benzene rings is 1. The van der Waals surface area contributed by atoms with E-state index in [1.54, 1.807) is 6.08 Å². The Bertz CT molecular complexity index is 957. The highest BCUT2D eigenvalue weighted by atomic mass is 35.6. The highest BCUT2D eigenvalue weighted by Crippen LogP contribution is 2.43. The van der Waals surface area contributed by atoms with E-state index in [0.29, 0.717) is 5.57 Å². The Morgan fingerprint density at radius 1 is 0.933 bits per heavy atom. The molecule has 2 aromatic rings. The zero-order valence-electron chi connectivity index (χ0n) is 14.9. The van der Waals surface area contributed by atoms with Crippen LogP contribution in [0.5, 0.6) is 0 Å². The van der Waals surface area contributed by atoms with Crippen molar-refractivity contribution in [3.8, 4) is 0 Å². The predicted molar refractivity (Wildman–Crippen MR) is 126 cm³/mol. The lowest BCUT2D eigenvalue weighted by molar-refractivity contribution is -0.141. The summed E-state index contributed by atoms with van der Waals surface area (Å²) in [7, 11) is -0.919. The molecule has 160 valence electrons. The Morgan fingerprint density at radius 3 is 2.10 bits per heavy atom. The fraction of sp³-hybridized carbons (Fsp3) is 0.222. The van der Waals surface area contributed by atoms with Crippen LogP contribution in [0.4, 0.5) is 0 Å². The normalized spacial score (nSPS) is 17.7. The zero-order valence-corrected chi connectivity index (χ0v) is 20.3. The topological polar surface area (TPSA) is 65.0 Å². The number of ether oxygens (including phenoxy) is 1. The molecule has 0 radical (unpaired) electrons. The van der Waals surface area contributed by atoms with Gasteiger partial charge in [0.2, 0.25) is 7.59 Å². The number of carbonyl (C=O) groups is 1. The van der Waals surface area contributed by atoms with Crippen LogP contribution in [-0.4, -0.2) is 26.7 Å². The van der Waals surface area contributed by atoms with Crippen molar-refractivity contribution < 1.29 is 9.53 Å². The van der Waals surface area contributed by atoms with Gasteiger partial charge in [0.25, 0.3) is 0 Å². The number of aromatic nitrogens is 3. The van der Waals surface area contributed by atoms with E-state index in [0.717, 1.165) is 5.56 Å². The molecule has 0 spiro atoms. The van der Waals surface area contributed by atoms with E-state index in [9.17, 15) is 4.79 Å². The average Bonchev–Trinajstić information content (AvgIpc) is 3.14. The average molecular weight is 548 g/mol. The second kappa shape index (κ2) is 9.82. The van der Waals surface area contributed by atoms with Gasteiger partial charge in [-0.3, -0.25) is 4.79 Å². The van der Waals surface area contributed by atoms with Crippen molar-refractivity contribution in [2.24, 2.45) is 0 Å². The van der Waals surface area contributed by atoms with Crippen molar-refractivity contribution in [2.75, 3.05) is 5.75 Å². The Labute approximate surface area is 205 Å². The third kappa shape index (κ3) is 6.63. The summed E-state index contributed by atoms with van der Waals surface area (Å²) in [6.45, 7) is 0.218. The van der Waals surface area contributed by atoms with E-state index in [4.69, 9.17) is 74.3 Å². The maximum atomic E-state index is 12.2. The molecule has 0 aliphatic carbocycles. The standard InChI is InChI=1S/C18H13Cl6N3O2S/c19-17(20,21)15-25-14(26-16(27-15)18(22,23)24)12-6-7-30(9-12)10-13(28)29-8-11-4-2-1-3-5-11/h1-7,9,30H,8,10H2. The van der Waals surface area contributed by atoms with Crippen molar-refractivity contribution in [3.05, 3.63) is 70.3 Å². The molecule has 0 fully saturated rings. The Hall–Kier alpha value is -0.730. The van der Waals surface area contributed by atoms with Gasteiger partial charge in [-0.25, -0.2) is 25.8 Å². The molecule has 0 N–H and O–H groups in total. The highest BCUT2D eigenvalue weighted by Gasteiger charge is 2.34. The minimum atomic E-state index is -1.93. The van der Waals surface area contributed by atoms with Crippen molar-refractivity contribution in [1.29, 1.82) is 0 Å². The van der Waals surface area contributed by atoms with Gasteiger partial charge in [-0.05, 0) is 22.5 Å². The van der Waals surface area contributed by atoms with Gasteiger partial charge in [0.15, 0.2) is 17.5 Å². The Morgan fingerprint density at radius 2 is 1.53 bits per heavy atom. The molecule has 5 nitrogen and oxygen atoms in total. The first kappa shape index (κ1) is 23.9. The van der Waals surface area contributed by atoms with E-state index < -0.39 is 18.5 Å². The SMILES string of the molecule is O=C(C[SH]1C=CC(c2nc(C(Cl)(Cl)Cl)nc(C(Cl)(Cl)Cl)n2)=C1)OCc1ccccc1. The van der Waals surface area contributed by atoms with Crippen LogP contribution < -0.4 is 0 Å². The lowest BCUT2D eigenvalue weighted by atomic mass is 10.2. The maximum absolute atomic E-state index is 12.2. The zero-order chi connectivity index (χ0) is 21.9. The molecular formula is C18H13Cl6N3O2S. The number of alkyl halides is 6. The van der Waals surface area contributed by atoms with E-state index in [1.807, 2.05) is 41.1 Å². The first-order valence-electron chi connectivity index (χ1n) is 8.28. The van der Waals surface area contributed by atoms with E-state index >= 15 is 0 Å². The van der Waals surface area contributed by atoms with Crippen LogP contribution in [0.25, 0.3) is 5.57 Å². The van der Waals surface area contributed by atoms with E-state index in [-0.39, 0.29) is 35.8 Å². The number of hydrogen-bond donors (Lipinski definition) is 1. The van der Waals surface area contributed by atoms with Crippen LogP contribution in [0.2, 0.25) is 0 Å². The van der Waals surface area contributed by atoms with Gasteiger partial charge in [-0.1, -0.05) is 99.9 Å². The molecular weight excluding hydrogens is 535 g/mol. The largest absolute Gasteiger partial charge is 0.460 e. The molecule has 12 heteroatoms.